The maximum Gasteiger partial charge on any atom is 0.160 e. The van der Waals surface area contributed by atoms with Crippen molar-refractivity contribution in [2.45, 2.75) is 39.3 Å². The average Bonchev–Trinajstić information content (AvgIpc) is 2.65. The molecule has 98 valence electrons. The summed E-state index contributed by atoms with van der Waals surface area (Å²) in [4.78, 5) is 8.83. The molecule has 2 rings (SSSR count). The average molecular weight is 263 g/mol. The van der Waals surface area contributed by atoms with Crippen molar-refractivity contribution >= 4 is 19.2 Å². The molecule has 4 nitrogen and oxygen atoms in total. The molecule has 0 radical (unpaired) electrons. The molecule has 0 aliphatic rings. The minimum absolute atomic E-state index is 0.561. The highest BCUT2D eigenvalue weighted by molar-refractivity contribution is 6.76. The van der Waals surface area contributed by atoms with Gasteiger partial charge in [0.2, 0.25) is 0 Å². The molecule has 2 aromatic heterocycles. The van der Waals surface area contributed by atoms with Gasteiger partial charge in [0.15, 0.2) is 5.65 Å². The monoisotopic (exact) mass is 263 g/mol. The standard InChI is InChI=1S/C13H21N3OSi/c1-11-9-14-13-12(15-11)5-6-16(13)10-17-7-8-18(2,3)4/h5-6,9H,7-8,10H2,1-4H3. The smallest absolute Gasteiger partial charge is 0.160 e. The van der Waals surface area contributed by atoms with Crippen molar-refractivity contribution in [3.63, 3.8) is 0 Å². The van der Waals surface area contributed by atoms with E-state index in [1.807, 2.05) is 23.8 Å². The Hall–Kier alpha value is -1.20. The van der Waals surface area contributed by atoms with E-state index in [0.717, 1.165) is 23.5 Å². The van der Waals surface area contributed by atoms with Crippen molar-refractivity contribution in [3.8, 4) is 0 Å². The van der Waals surface area contributed by atoms with Gasteiger partial charge in [-0.25, -0.2) is 9.97 Å². The Kier molecular flexibility index (Phi) is 3.82. The molecule has 0 aromatic carbocycles. The molecule has 18 heavy (non-hydrogen) atoms. The van der Waals surface area contributed by atoms with Crippen LogP contribution >= 0.6 is 0 Å². The molecule has 0 spiro atoms. The molecule has 0 aliphatic carbocycles. The van der Waals surface area contributed by atoms with E-state index in [2.05, 4.69) is 29.6 Å². The van der Waals surface area contributed by atoms with Crippen LogP contribution in [0.4, 0.5) is 0 Å². The van der Waals surface area contributed by atoms with Gasteiger partial charge < -0.3 is 9.30 Å². The molecule has 0 amide bonds. The van der Waals surface area contributed by atoms with Crippen LogP contribution in [0, 0.1) is 6.92 Å². The fourth-order valence-electron chi connectivity index (χ4n) is 1.70. The Bertz CT molecular complexity index is 531. The fraction of sp³-hybridized carbons (Fsp3) is 0.538. The van der Waals surface area contributed by atoms with Gasteiger partial charge in [-0.2, -0.15) is 0 Å². The second kappa shape index (κ2) is 5.20. The van der Waals surface area contributed by atoms with Crippen molar-refractivity contribution in [2.75, 3.05) is 6.61 Å². The third-order valence-corrected chi connectivity index (χ3v) is 4.51. The lowest BCUT2D eigenvalue weighted by Gasteiger charge is -2.15. The summed E-state index contributed by atoms with van der Waals surface area (Å²) in [6.45, 7) is 10.4. The predicted molar refractivity (Wildman–Crippen MR) is 76.4 cm³/mol. The zero-order chi connectivity index (χ0) is 13.2. The molecule has 0 saturated heterocycles. The molecular formula is C13H21N3OSi. The molecule has 0 fully saturated rings. The van der Waals surface area contributed by atoms with Crippen molar-refractivity contribution in [3.05, 3.63) is 24.2 Å². The van der Waals surface area contributed by atoms with Gasteiger partial charge in [-0.1, -0.05) is 19.6 Å². The number of aryl methyl sites for hydroxylation is 1. The van der Waals surface area contributed by atoms with Gasteiger partial charge in [-0.05, 0) is 19.0 Å². The Morgan fingerprint density at radius 1 is 1.33 bits per heavy atom. The lowest BCUT2D eigenvalue weighted by atomic mass is 10.4. The van der Waals surface area contributed by atoms with Gasteiger partial charge in [0, 0.05) is 20.9 Å². The molecule has 0 atom stereocenters. The van der Waals surface area contributed by atoms with Gasteiger partial charge in [0.05, 0.1) is 11.9 Å². The fourth-order valence-corrected chi connectivity index (χ4v) is 2.46. The van der Waals surface area contributed by atoms with E-state index < -0.39 is 8.07 Å². The molecule has 2 heterocycles. The molecule has 2 aromatic rings. The highest BCUT2D eigenvalue weighted by atomic mass is 28.3. The SMILES string of the molecule is Cc1cnc2c(ccn2COCC[Si](C)(C)C)n1. The van der Waals surface area contributed by atoms with Gasteiger partial charge in [-0.15, -0.1) is 0 Å². The van der Waals surface area contributed by atoms with E-state index >= 15 is 0 Å². The third-order valence-electron chi connectivity index (χ3n) is 2.81. The van der Waals surface area contributed by atoms with E-state index in [1.54, 1.807) is 6.20 Å². The topological polar surface area (TPSA) is 39.9 Å². The van der Waals surface area contributed by atoms with Crippen LogP contribution in [0.15, 0.2) is 18.5 Å². The zero-order valence-electron chi connectivity index (χ0n) is 11.6. The summed E-state index contributed by atoms with van der Waals surface area (Å²) in [5.74, 6) is 0. The van der Waals surface area contributed by atoms with Crippen LogP contribution in [-0.4, -0.2) is 29.2 Å². The van der Waals surface area contributed by atoms with E-state index in [-0.39, 0.29) is 0 Å². The van der Waals surface area contributed by atoms with E-state index in [4.69, 9.17) is 4.74 Å². The van der Waals surface area contributed by atoms with E-state index in [0.29, 0.717) is 6.73 Å². The number of aromatic nitrogens is 3. The maximum absolute atomic E-state index is 5.72. The number of rotatable bonds is 5. The molecule has 0 unspecified atom stereocenters. The first-order valence-electron chi connectivity index (χ1n) is 6.32. The summed E-state index contributed by atoms with van der Waals surface area (Å²) in [6.07, 6.45) is 3.78. The molecule has 0 bridgehead atoms. The van der Waals surface area contributed by atoms with Crippen LogP contribution in [0.25, 0.3) is 11.2 Å². The first-order chi connectivity index (χ1) is 8.46. The zero-order valence-corrected chi connectivity index (χ0v) is 12.6. The lowest BCUT2D eigenvalue weighted by molar-refractivity contribution is 0.0899. The second-order valence-corrected chi connectivity index (χ2v) is 11.5. The quantitative estimate of drug-likeness (QED) is 0.615. The minimum atomic E-state index is -1.00. The van der Waals surface area contributed by atoms with Crippen LogP contribution in [-0.2, 0) is 11.5 Å². The first kappa shape index (κ1) is 13.2. The Labute approximate surface area is 109 Å². The van der Waals surface area contributed by atoms with Gasteiger partial charge >= 0.3 is 0 Å². The Morgan fingerprint density at radius 3 is 2.83 bits per heavy atom. The van der Waals surface area contributed by atoms with Crippen molar-refractivity contribution in [1.82, 2.24) is 14.5 Å². The second-order valence-electron chi connectivity index (χ2n) is 5.85. The number of ether oxygens (including phenoxy) is 1. The summed E-state index contributed by atoms with van der Waals surface area (Å²) < 4.78 is 7.73. The van der Waals surface area contributed by atoms with Crippen LogP contribution in [0.3, 0.4) is 0 Å². The van der Waals surface area contributed by atoms with Crippen LogP contribution in [0.5, 0.6) is 0 Å². The maximum atomic E-state index is 5.72. The number of hydrogen-bond donors (Lipinski definition) is 0. The van der Waals surface area contributed by atoms with Crippen molar-refractivity contribution < 1.29 is 4.74 Å². The molecular weight excluding hydrogens is 242 g/mol. The van der Waals surface area contributed by atoms with E-state index in [9.17, 15) is 0 Å². The predicted octanol–water partition coefficient (Wildman–Crippen LogP) is 3.05. The molecule has 5 heteroatoms. The van der Waals surface area contributed by atoms with Gasteiger partial charge in [-0.3, -0.25) is 0 Å². The number of nitrogens with zero attached hydrogens (tertiary/aromatic N) is 3. The number of hydrogen-bond acceptors (Lipinski definition) is 3. The third kappa shape index (κ3) is 3.40. The van der Waals surface area contributed by atoms with Crippen LogP contribution in [0.1, 0.15) is 5.69 Å². The van der Waals surface area contributed by atoms with E-state index in [1.165, 1.54) is 6.04 Å². The molecule has 0 N–H and O–H groups in total. The first-order valence-corrected chi connectivity index (χ1v) is 10.0. The summed E-state index contributed by atoms with van der Waals surface area (Å²) in [6, 6.07) is 3.17. The van der Waals surface area contributed by atoms with Crippen molar-refractivity contribution in [1.29, 1.82) is 0 Å². The van der Waals surface area contributed by atoms with Crippen LogP contribution in [0.2, 0.25) is 25.7 Å². The molecule has 0 aliphatic heterocycles. The number of fused-ring (bicyclic) bond motifs is 1. The highest BCUT2D eigenvalue weighted by Crippen LogP contribution is 2.12. The van der Waals surface area contributed by atoms with Gasteiger partial charge in [0.25, 0.3) is 0 Å². The van der Waals surface area contributed by atoms with Crippen molar-refractivity contribution in [2.24, 2.45) is 0 Å². The highest BCUT2D eigenvalue weighted by Gasteiger charge is 2.12. The summed E-state index contributed by atoms with van der Waals surface area (Å²) in [5, 5.41) is 0. The summed E-state index contributed by atoms with van der Waals surface area (Å²) >= 11 is 0. The normalized spacial score (nSPS) is 12.2. The lowest BCUT2D eigenvalue weighted by Crippen LogP contribution is -2.22. The largest absolute Gasteiger partial charge is 0.361 e. The minimum Gasteiger partial charge on any atom is -0.361 e. The Balaban J connectivity index is 1.96. The summed E-state index contributed by atoms with van der Waals surface area (Å²) in [7, 11) is -1.00. The van der Waals surface area contributed by atoms with Crippen LogP contribution < -0.4 is 0 Å². The Morgan fingerprint density at radius 2 is 2.11 bits per heavy atom. The summed E-state index contributed by atoms with van der Waals surface area (Å²) in [5.41, 5.74) is 2.78. The molecule has 0 saturated carbocycles. The van der Waals surface area contributed by atoms with Gasteiger partial charge in [0.1, 0.15) is 12.2 Å².